The van der Waals surface area contributed by atoms with Crippen molar-refractivity contribution in [2.75, 3.05) is 33.0 Å². The zero-order valence-corrected chi connectivity index (χ0v) is 19.7. The molecular weight excluding hydrogens is 442 g/mol. The van der Waals surface area contributed by atoms with Gasteiger partial charge in [0.15, 0.2) is 17.2 Å². The van der Waals surface area contributed by atoms with Crippen molar-refractivity contribution in [1.82, 2.24) is 35.6 Å². The largest absolute Gasteiger partial charge is 0.493 e. The number of nitrogens with two attached hydrogens (primary N) is 1. The summed E-state index contributed by atoms with van der Waals surface area (Å²) in [5.74, 6) is 0.715. The topological polar surface area (TPSA) is 159 Å². The van der Waals surface area contributed by atoms with Gasteiger partial charge >= 0.3 is 0 Å². The molecule has 0 spiro atoms. The Morgan fingerprint density at radius 2 is 2.00 bits per heavy atom. The number of rotatable bonds is 12. The lowest BCUT2D eigenvalue weighted by atomic mass is 10.2. The van der Waals surface area contributed by atoms with Crippen LogP contribution in [0.2, 0.25) is 0 Å². The van der Waals surface area contributed by atoms with E-state index in [1.807, 2.05) is 0 Å². The molecular formula is C21H29N9O4. The highest BCUT2D eigenvalue weighted by Gasteiger charge is 2.25. The second kappa shape index (κ2) is 11.7. The summed E-state index contributed by atoms with van der Waals surface area (Å²) < 4.78 is 16.7. The van der Waals surface area contributed by atoms with Crippen LogP contribution >= 0.6 is 0 Å². The smallest absolute Gasteiger partial charge is 0.293 e. The quantitative estimate of drug-likeness (QED) is 0.294. The number of aromatic nitrogens is 5. The summed E-state index contributed by atoms with van der Waals surface area (Å²) in [5, 5.41) is 19.6. The summed E-state index contributed by atoms with van der Waals surface area (Å²) in [6.07, 6.45) is 3.36. The molecule has 0 bridgehead atoms. The Hall–Kier alpha value is -4.00. The van der Waals surface area contributed by atoms with Crippen molar-refractivity contribution in [3.05, 3.63) is 35.2 Å². The maximum absolute atomic E-state index is 13.0. The Balaban J connectivity index is 1.88. The second-order valence-electron chi connectivity index (χ2n) is 7.33. The summed E-state index contributed by atoms with van der Waals surface area (Å²) in [7, 11) is 3.07. The molecule has 3 N–H and O–H groups in total. The summed E-state index contributed by atoms with van der Waals surface area (Å²) in [4.78, 5) is 15.2. The van der Waals surface area contributed by atoms with Crippen molar-refractivity contribution in [3.63, 3.8) is 0 Å². The standard InChI is InChI=1S/C21H29N9O4/c1-5-10-29(11-6-2)13-15-17(24-28-30(15)20-19(22)26-34-27-20)21(31)25-23-12-14-8-7-9-16(32-3)18(14)33-4/h7-9,12H,5-6,10-11,13H2,1-4H3,(H2,22,26)(H,25,31)/b23-12+. The Bertz CT molecular complexity index is 1120. The molecule has 0 saturated carbocycles. The first-order valence-corrected chi connectivity index (χ1v) is 10.8. The first-order valence-electron chi connectivity index (χ1n) is 10.8. The number of nitrogen functional groups attached to an aromatic ring is 1. The lowest BCUT2D eigenvalue weighted by Crippen LogP contribution is -2.28. The van der Waals surface area contributed by atoms with Crippen LogP contribution < -0.4 is 20.6 Å². The first kappa shape index (κ1) is 24.6. The van der Waals surface area contributed by atoms with Crippen molar-refractivity contribution in [3.8, 4) is 17.3 Å². The van der Waals surface area contributed by atoms with E-state index < -0.39 is 5.91 Å². The first-order chi connectivity index (χ1) is 16.5. The number of carbonyl (C=O) groups is 1. The summed E-state index contributed by atoms with van der Waals surface area (Å²) in [5.41, 5.74) is 9.57. The highest BCUT2D eigenvalue weighted by Crippen LogP contribution is 2.29. The monoisotopic (exact) mass is 471 g/mol. The van der Waals surface area contributed by atoms with Crippen LogP contribution in [0.4, 0.5) is 5.82 Å². The highest BCUT2D eigenvalue weighted by atomic mass is 16.6. The van der Waals surface area contributed by atoms with E-state index >= 15 is 0 Å². The van der Waals surface area contributed by atoms with Crippen molar-refractivity contribution in [2.45, 2.75) is 33.2 Å². The van der Waals surface area contributed by atoms with Gasteiger partial charge in [0.25, 0.3) is 5.91 Å². The Morgan fingerprint density at radius 1 is 1.24 bits per heavy atom. The van der Waals surface area contributed by atoms with Gasteiger partial charge in [-0.15, -0.1) is 5.10 Å². The van der Waals surface area contributed by atoms with Crippen LogP contribution in [0.5, 0.6) is 11.5 Å². The van der Waals surface area contributed by atoms with Crippen molar-refractivity contribution in [2.24, 2.45) is 5.10 Å². The van der Waals surface area contributed by atoms with Crippen LogP contribution in [0.25, 0.3) is 5.82 Å². The molecule has 182 valence electrons. The molecule has 0 aliphatic carbocycles. The number of amides is 1. The van der Waals surface area contributed by atoms with Gasteiger partial charge in [0.1, 0.15) is 0 Å². The molecule has 0 aliphatic heterocycles. The zero-order chi connectivity index (χ0) is 24.5. The van der Waals surface area contributed by atoms with E-state index in [2.05, 4.69) is 49.9 Å². The number of nitrogens with zero attached hydrogens (tertiary/aromatic N) is 7. The van der Waals surface area contributed by atoms with Gasteiger partial charge in [0.2, 0.25) is 11.6 Å². The number of benzene rings is 1. The number of hydrogen-bond donors (Lipinski definition) is 2. The molecule has 0 atom stereocenters. The lowest BCUT2D eigenvalue weighted by Gasteiger charge is -2.21. The SMILES string of the molecule is CCCN(CCC)Cc1c(C(=O)N/N=C/c2cccc(OC)c2OC)nnn1-c1nonc1N. The van der Waals surface area contributed by atoms with E-state index in [-0.39, 0.29) is 17.3 Å². The maximum atomic E-state index is 13.0. The minimum absolute atomic E-state index is 0.0405. The van der Waals surface area contributed by atoms with Crippen LogP contribution in [0, 0.1) is 0 Å². The normalized spacial score (nSPS) is 11.3. The number of hydrogen-bond acceptors (Lipinski definition) is 11. The van der Waals surface area contributed by atoms with Crippen molar-refractivity contribution in [1.29, 1.82) is 0 Å². The molecule has 0 fully saturated rings. The van der Waals surface area contributed by atoms with E-state index in [0.29, 0.717) is 29.3 Å². The molecule has 34 heavy (non-hydrogen) atoms. The van der Waals surface area contributed by atoms with Crippen molar-refractivity contribution >= 4 is 17.9 Å². The third-order valence-corrected chi connectivity index (χ3v) is 4.93. The van der Waals surface area contributed by atoms with Gasteiger partial charge in [-0.25, -0.2) is 10.1 Å². The minimum Gasteiger partial charge on any atom is -0.493 e. The van der Waals surface area contributed by atoms with Gasteiger partial charge in [0, 0.05) is 12.1 Å². The summed E-state index contributed by atoms with van der Waals surface area (Å²) in [6.45, 7) is 6.25. The molecule has 1 amide bonds. The van der Waals surface area contributed by atoms with Crippen LogP contribution in [-0.4, -0.2) is 69.6 Å². The van der Waals surface area contributed by atoms with Gasteiger partial charge in [-0.2, -0.15) is 9.78 Å². The number of ether oxygens (including phenoxy) is 2. The molecule has 0 unspecified atom stereocenters. The van der Waals surface area contributed by atoms with E-state index in [9.17, 15) is 4.79 Å². The Morgan fingerprint density at radius 3 is 2.62 bits per heavy atom. The number of para-hydroxylation sites is 1. The fourth-order valence-corrected chi connectivity index (χ4v) is 3.47. The number of nitrogens with one attached hydrogen (secondary N) is 1. The average molecular weight is 472 g/mol. The zero-order valence-electron chi connectivity index (χ0n) is 19.7. The molecule has 3 rings (SSSR count). The van der Waals surface area contributed by atoms with Gasteiger partial charge in [-0.1, -0.05) is 25.1 Å². The van der Waals surface area contributed by atoms with Gasteiger partial charge in [0.05, 0.1) is 26.1 Å². The van der Waals surface area contributed by atoms with E-state index in [0.717, 1.165) is 25.9 Å². The number of hydrazone groups is 1. The predicted molar refractivity (Wildman–Crippen MR) is 124 cm³/mol. The number of carbonyl (C=O) groups excluding carboxylic acids is 1. The van der Waals surface area contributed by atoms with Crippen LogP contribution in [-0.2, 0) is 6.54 Å². The fraction of sp³-hybridized carbons (Fsp3) is 0.429. The summed E-state index contributed by atoms with van der Waals surface area (Å²) in [6, 6.07) is 5.34. The molecule has 1 aromatic carbocycles. The third kappa shape index (κ3) is 5.49. The summed E-state index contributed by atoms with van der Waals surface area (Å²) >= 11 is 0. The van der Waals surface area contributed by atoms with Crippen LogP contribution in [0.1, 0.15) is 48.4 Å². The maximum Gasteiger partial charge on any atom is 0.293 e. The number of methoxy groups -OCH3 is 2. The van der Waals surface area contributed by atoms with Gasteiger partial charge in [-0.3, -0.25) is 9.69 Å². The average Bonchev–Trinajstić information content (AvgIpc) is 3.44. The molecule has 2 aromatic heterocycles. The van der Waals surface area contributed by atoms with Gasteiger partial charge < -0.3 is 15.2 Å². The molecule has 13 heteroatoms. The van der Waals surface area contributed by atoms with E-state index in [1.165, 1.54) is 18.0 Å². The van der Waals surface area contributed by atoms with E-state index in [4.69, 9.17) is 19.8 Å². The molecule has 0 aliphatic rings. The highest BCUT2D eigenvalue weighted by molar-refractivity contribution is 5.94. The Labute approximate surface area is 196 Å². The van der Waals surface area contributed by atoms with Crippen molar-refractivity contribution < 1.29 is 18.9 Å². The fourth-order valence-electron chi connectivity index (χ4n) is 3.47. The van der Waals surface area contributed by atoms with E-state index in [1.54, 1.807) is 25.3 Å². The second-order valence-corrected chi connectivity index (χ2v) is 7.33. The van der Waals surface area contributed by atoms with Crippen LogP contribution in [0.3, 0.4) is 0 Å². The predicted octanol–water partition coefficient (Wildman–Crippen LogP) is 1.64. The molecule has 0 radical (unpaired) electrons. The Kier molecular flexibility index (Phi) is 8.51. The molecule has 0 saturated heterocycles. The third-order valence-electron chi connectivity index (χ3n) is 4.93. The number of anilines is 1. The molecule has 13 nitrogen and oxygen atoms in total. The van der Waals surface area contributed by atoms with Gasteiger partial charge in [-0.05, 0) is 48.4 Å². The van der Waals surface area contributed by atoms with Crippen LogP contribution in [0.15, 0.2) is 27.9 Å². The lowest BCUT2D eigenvalue weighted by molar-refractivity contribution is 0.0947. The minimum atomic E-state index is -0.540. The molecule has 3 aromatic rings. The molecule has 2 heterocycles.